The zero-order valence-corrected chi connectivity index (χ0v) is 19.8. The van der Waals surface area contributed by atoms with Crippen LogP contribution in [0.1, 0.15) is 84.2 Å². The Morgan fingerprint density at radius 1 is 1.00 bits per heavy atom. The van der Waals surface area contributed by atoms with E-state index >= 15 is 0 Å². The highest BCUT2D eigenvalue weighted by Crippen LogP contribution is 2.24. The van der Waals surface area contributed by atoms with E-state index in [4.69, 9.17) is 11.5 Å². The average Bonchev–Trinajstić information content (AvgIpc) is 2.84. The Hall–Kier alpha value is -3.32. The SMILES string of the molecule is CCCCC(C(=O)C(N)=O)c1ccc(C(N)=O)c(/C=C/c2ccc(CN3CCCCC3)cc2)n1. The number of piperidine rings is 1. The number of carbonyl (C=O) groups is 3. The summed E-state index contributed by atoms with van der Waals surface area (Å²) in [5.41, 5.74) is 14.1. The fourth-order valence-electron chi connectivity index (χ4n) is 4.30. The number of pyridine rings is 1. The van der Waals surface area contributed by atoms with Crippen molar-refractivity contribution in [3.8, 4) is 0 Å². The van der Waals surface area contributed by atoms with Gasteiger partial charge in [0.2, 0.25) is 5.78 Å². The normalized spacial score (nSPS) is 15.3. The number of unbranched alkanes of at least 4 members (excludes halogenated alkanes) is 1. The molecule has 1 aliphatic rings. The van der Waals surface area contributed by atoms with Crippen molar-refractivity contribution < 1.29 is 14.4 Å². The number of carbonyl (C=O) groups excluding carboxylic acids is 3. The van der Waals surface area contributed by atoms with Gasteiger partial charge in [-0.05, 0) is 61.7 Å². The molecule has 0 saturated carbocycles. The Kier molecular flexibility index (Phi) is 9.10. The summed E-state index contributed by atoms with van der Waals surface area (Å²) >= 11 is 0. The molecule has 180 valence electrons. The van der Waals surface area contributed by atoms with Gasteiger partial charge in [0.15, 0.2) is 0 Å². The highest BCUT2D eigenvalue weighted by molar-refractivity contribution is 6.37. The van der Waals surface area contributed by atoms with Gasteiger partial charge in [-0.2, -0.15) is 0 Å². The molecule has 1 aliphatic heterocycles. The molecular weight excluding hydrogens is 428 g/mol. The van der Waals surface area contributed by atoms with Crippen LogP contribution in [-0.4, -0.2) is 40.6 Å². The number of primary amides is 2. The molecule has 3 rings (SSSR count). The largest absolute Gasteiger partial charge is 0.366 e. The first-order valence-electron chi connectivity index (χ1n) is 12.0. The summed E-state index contributed by atoms with van der Waals surface area (Å²) in [6, 6.07) is 11.4. The van der Waals surface area contributed by atoms with Crippen LogP contribution in [-0.2, 0) is 16.1 Å². The Morgan fingerprint density at radius 2 is 1.71 bits per heavy atom. The van der Waals surface area contributed by atoms with Gasteiger partial charge in [-0.1, -0.05) is 56.5 Å². The van der Waals surface area contributed by atoms with Crippen LogP contribution in [0.2, 0.25) is 0 Å². The molecule has 4 N–H and O–H groups in total. The number of hydrogen-bond acceptors (Lipinski definition) is 5. The lowest BCUT2D eigenvalue weighted by atomic mass is 9.92. The molecule has 2 aromatic rings. The zero-order chi connectivity index (χ0) is 24.5. The number of ketones is 1. The number of nitrogens with zero attached hydrogens (tertiary/aromatic N) is 2. The van der Waals surface area contributed by atoms with Crippen LogP contribution in [0.15, 0.2) is 36.4 Å². The predicted molar refractivity (Wildman–Crippen MR) is 134 cm³/mol. The van der Waals surface area contributed by atoms with E-state index in [1.165, 1.54) is 24.8 Å². The molecule has 7 heteroatoms. The van der Waals surface area contributed by atoms with Crippen molar-refractivity contribution in [2.45, 2.75) is 57.9 Å². The molecule has 2 amide bonds. The molecule has 0 bridgehead atoms. The maximum atomic E-state index is 12.4. The number of likely N-dealkylation sites (tertiary alicyclic amines) is 1. The van der Waals surface area contributed by atoms with Gasteiger partial charge >= 0.3 is 0 Å². The Balaban J connectivity index is 1.82. The first kappa shape index (κ1) is 25.3. The number of Topliss-reactive ketones (excluding diaryl/α,β-unsaturated/α-hetero) is 1. The third-order valence-electron chi connectivity index (χ3n) is 6.24. The maximum Gasteiger partial charge on any atom is 0.285 e. The lowest BCUT2D eigenvalue weighted by Gasteiger charge is -2.26. The Bertz CT molecular complexity index is 1040. The summed E-state index contributed by atoms with van der Waals surface area (Å²) in [7, 11) is 0. The van der Waals surface area contributed by atoms with Gasteiger partial charge in [-0.25, -0.2) is 0 Å². The first-order valence-corrected chi connectivity index (χ1v) is 12.0. The summed E-state index contributed by atoms with van der Waals surface area (Å²) < 4.78 is 0. The summed E-state index contributed by atoms with van der Waals surface area (Å²) in [5.74, 6) is -3.00. The standard InChI is InChI=1S/C27H34N4O3/c1-2-3-7-21(25(32)27(29)34)23-15-13-22(26(28)33)24(30-23)14-12-19-8-10-20(11-9-19)18-31-16-5-4-6-17-31/h8-15,21H,2-7,16-18H2,1H3,(H2,28,33)(H2,29,34)/b14-12+. The molecular formula is C27H34N4O3. The van der Waals surface area contributed by atoms with Crippen LogP contribution < -0.4 is 11.5 Å². The van der Waals surface area contributed by atoms with E-state index in [0.29, 0.717) is 17.8 Å². The summed E-state index contributed by atoms with van der Waals surface area (Å²) in [6.45, 7) is 5.25. The molecule has 1 saturated heterocycles. The summed E-state index contributed by atoms with van der Waals surface area (Å²) in [4.78, 5) is 42.9. The Morgan fingerprint density at radius 3 is 2.32 bits per heavy atom. The van der Waals surface area contributed by atoms with Gasteiger partial charge in [0.1, 0.15) is 0 Å². The van der Waals surface area contributed by atoms with Crippen molar-refractivity contribution >= 4 is 29.7 Å². The van der Waals surface area contributed by atoms with Crippen molar-refractivity contribution in [3.63, 3.8) is 0 Å². The van der Waals surface area contributed by atoms with Gasteiger partial charge in [-0.3, -0.25) is 24.3 Å². The van der Waals surface area contributed by atoms with E-state index in [9.17, 15) is 14.4 Å². The minimum absolute atomic E-state index is 0.252. The van der Waals surface area contributed by atoms with Gasteiger partial charge in [-0.15, -0.1) is 0 Å². The minimum atomic E-state index is -0.983. The zero-order valence-electron chi connectivity index (χ0n) is 19.8. The van der Waals surface area contributed by atoms with Crippen molar-refractivity contribution in [1.29, 1.82) is 0 Å². The molecule has 0 aliphatic carbocycles. The number of benzene rings is 1. The highest BCUT2D eigenvalue weighted by atomic mass is 16.2. The predicted octanol–water partition coefficient (Wildman–Crippen LogP) is 3.67. The van der Waals surface area contributed by atoms with E-state index in [0.717, 1.165) is 38.0 Å². The van der Waals surface area contributed by atoms with Gasteiger partial charge in [0.25, 0.3) is 11.8 Å². The molecule has 2 heterocycles. The third kappa shape index (κ3) is 6.84. The number of rotatable bonds is 11. The fraction of sp³-hybridized carbons (Fsp3) is 0.407. The molecule has 1 atom stereocenters. The highest BCUT2D eigenvalue weighted by Gasteiger charge is 2.26. The van der Waals surface area contributed by atoms with Gasteiger partial charge in [0.05, 0.1) is 22.9 Å². The molecule has 0 spiro atoms. The lowest BCUT2D eigenvalue weighted by Crippen LogP contribution is -2.29. The molecule has 34 heavy (non-hydrogen) atoms. The average molecular weight is 463 g/mol. The van der Waals surface area contributed by atoms with Crippen LogP contribution >= 0.6 is 0 Å². The number of amides is 2. The topological polar surface area (TPSA) is 119 Å². The van der Waals surface area contributed by atoms with Crippen LogP contribution in [0, 0.1) is 0 Å². The second kappa shape index (κ2) is 12.2. The summed E-state index contributed by atoms with van der Waals surface area (Å²) in [5, 5.41) is 0. The molecule has 1 aromatic carbocycles. The third-order valence-corrected chi connectivity index (χ3v) is 6.24. The van der Waals surface area contributed by atoms with Crippen molar-refractivity contribution in [1.82, 2.24) is 9.88 Å². The molecule has 1 unspecified atom stereocenters. The van der Waals surface area contributed by atoms with Gasteiger partial charge in [0, 0.05) is 6.54 Å². The maximum absolute atomic E-state index is 12.4. The van der Waals surface area contributed by atoms with Crippen LogP contribution in [0.3, 0.4) is 0 Å². The van der Waals surface area contributed by atoms with E-state index in [2.05, 4.69) is 22.0 Å². The molecule has 0 radical (unpaired) electrons. The van der Waals surface area contributed by atoms with Crippen LogP contribution in [0.4, 0.5) is 0 Å². The van der Waals surface area contributed by atoms with Crippen LogP contribution in [0.25, 0.3) is 12.2 Å². The number of aromatic nitrogens is 1. The van der Waals surface area contributed by atoms with Crippen molar-refractivity contribution in [2.24, 2.45) is 11.5 Å². The molecule has 1 fully saturated rings. The quantitative estimate of drug-likeness (QED) is 0.494. The smallest absolute Gasteiger partial charge is 0.285 e. The minimum Gasteiger partial charge on any atom is -0.366 e. The Labute approximate surface area is 201 Å². The number of nitrogens with two attached hydrogens (primary N) is 2. The van der Waals surface area contributed by atoms with Crippen molar-refractivity contribution in [2.75, 3.05) is 13.1 Å². The van der Waals surface area contributed by atoms with E-state index in [1.807, 2.05) is 25.1 Å². The van der Waals surface area contributed by atoms with Crippen LogP contribution in [0.5, 0.6) is 0 Å². The van der Waals surface area contributed by atoms with E-state index in [1.54, 1.807) is 18.2 Å². The van der Waals surface area contributed by atoms with E-state index < -0.39 is 23.5 Å². The molecule has 1 aromatic heterocycles. The summed E-state index contributed by atoms with van der Waals surface area (Å²) in [6.07, 6.45) is 9.50. The molecule has 7 nitrogen and oxygen atoms in total. The second-order valence-corrected chi connectivity index (χ2v) is 8.87. The second-order valence-electron chi connectivity index (χ2n) is 8.87. The monoisotopic (exact) mass is 462 g/mol. The van der Waals surface area contributed by atoms with E-state index in [-0.39, 0.29) is 5.56 Å². The fourth-order valence-corrected chi connectivity index (χ4v) is 4.30. The number of hydrogen-bond donors (Lipinski definition) is 2. The first-order chi connectivity index (χ1) is 16.4. The lowest BCUT2D eigenvalue weighted by molar-refractivity contribution is -0.137. The van der Waals surface area contributed by atoms with Crippen molar-refractivity contribution in [3.05, 3.63) is 64.5 Å². The van der Waals surface area contributed by atoms with Gasteiger partial charge < -0.3 is 11.5 Å².